The lowest BCUT2D eigenvalue weighted by Gasteiger charge is -2.24. The third-order valence-corrected chi connectivity index (χ3v) is 4.35. The molecule has 4 nitrogen and oxygen atoms in total. The van der Waals surface area contributed by atoms with Crippen molar-refractivity contribution in [3.05, 3.63) is 0 Å². The van der Waals surface area contributed by atoms with E-state index in [0.29, 0.717) is 6.61 Å². The topological polar surface area (TPSA) is 36.9 Å². The Hall–Kier alpha value is -0.160. The lowest BCUT2D eigenvalue weighted by atomic mass is 10.1. The molecule has 1 heterocycles. The monoisotopic (exact) mass is 330 g/mol. The first-order valence-electron chi connectivity index (χ1n) is 9.74. The van der Waals surface area contributed by atoms with Crippen LogP contribution < -0.4 is 0 Å². The van der Waals surface area contributed by atoms with Crippen molar-refractivity contribution in [3.8, 4) is 0 Å². The van der Waals surface area contributed by atoms with Crippen molar-refractivity contribution in [2.45, 2.75) is 97.1 Å². The second kappa shape index (κ2) is 13.2. The third kappa shape index (κ3) is 7.51. The fourth-order valence-electron chi connectivity index (χ4n) is 2.84. The van der Waals surface area contributed by atoms with Gasteiger partial charge in [-0.05, 0) is 25.7 Å². The molecule has 0 aromatic heterocycles. The molecule has 0 amide bonds. The van der Waals surface area contributed by atoms with Gasteiger partial charge in [-0.3, -0.25) is 0 Å². The van der Waals surface area contributed by atoms with Crippen molar-refractivity contribution in [2.24, 2.45) is 0 Å². The van der Waals surface area contributed by atoms with Crippen molar-refractivity contribution >= 4 is 0 Å². The molecule has 0 aromatic rings. The van der Waals surface area contributed by atoms with E-state index in [1.165, 1.54) is 0 Å². The van der Waals surface area contributed by atoms with Crippen molar-refractivity contribution in [1.29, 1.82) is 0 Å². The van der Waals surface area contributed by atoms with Crippen LogP contribution in [0.3, 0.4) is 0 Å². The highest BCUT2D eigenvalue weighted by Crippen LogP contribution is 2.29. The Labute approximate surface area is 143 Å². The highest BCUT2D eigenvalue weighted by molar-refractivity contribution is 4.92. The lowest BCUT2D eigenvalue weighted by Crippen LogP contribution is -2.39. The lowest BCUT2D eigenvalue weighted by molar-refractivity contribution is -0.0795. The Bertz CT molecular complexity index is 272. The van der Waals surface area contributed by atoms with E-state index >= 15 is 0 Å². The maximum absolute atomic E-state index is 6.20. The van der Waals surface area contributed by atoms with Gasteiger partial charge in [-0.2, -0.15) is 0 Å². The molecule has 1 rings (SSSR count). The van der Waals surface area contributed by atoms with Gasteiger partial charge in [-0.1, -0.05) is 47.0 Å². The maximum atomic E-state index is 6.20. The largest absolute Gasteiger partial charge is 0.379 e. The van der Waals surface area contributed by atoms with Gasteiger partial charge in [-0.25, -0.2) is 0 Å². The van der Waals surface area contributed by atoms with E-state index in [0.717, 1.165) is 64.8 Å². The Morgan fingerprint density at radius 2 is 1.22 bits per heavy atom. The van der Waals surface area contributed by atoms with Gasteiger partial charge in [0, 0.05) is 19.8 Å². The number of rotatable bonds is 14. The predicted octanol–water partition coefficient (Wildman–Crippen LogP) is 4.35. The van der Waals surface area contributed by atoms with Gasteiger partial charge in [0.05, 0.1) is 12.7 Å². The van der Waals surface area contributed by atoms with Gasteiger partial charge in [0.2, 0.25) is 0 Å². The van der Waals surface area contributed by atoms with Crippen molar-refractivity contribution < 1.29 is 18.9 Å². The van der Waals surface area contributed by atoms with Gasteiger partial charge in [0.25, 0.3) is 0 Å². The van der Waals surface area contributed by atoms with Crippen LogP contribution in [0, 0.1) is 0 Å². The van der Waals surface area contributed by atoms with Crippen LogP contribution in [0.15, 0.2) is 0 Å². The molecule has 0 aromatic carbocycles. The first-order chi connectivity index (χ1) is 11.3. The summed E-state index contributed by atoms with van der Waals surface area (Å²) in [5.41, 5.74) is 0. The summed E-state index contributed by atoms with van der Waals surface area (Å²) in [6, 6.07) is 0. The summed E-state index contributed by atoms with van der Waals surface area (Å²) < 4.78 is 24.3. The second-order valence-corrected chi connectivity index (χ2v) is 6.43. The number of hydrogen-bond donors (Lipinski definition) is 0. The summed E-state index contributed by atoms with van der Waals surface area (Å²) in [5, 5.41) is 0. The number of ether oxygens (including phenoxy) is 4. The number of hydrogen-bond acceptors (Lipinski definition) is 4. The quantitative estimate of drug-likeness (QED) is 0.444. The molecule has 0 N–H and O–H groups in total. The molecule has 138 valence electrons. The molecular weight excluding hydrogens is 292 g/mol. The van der Waals surface area contributed by atoms with Crippen LogP contribution in [-0.4, -0.2) is 50.8 Å². The fourth-order valence-corrected chi connectivity index (χ4v) is 2.84. The molecule has 0 bridgehead atoms. The normalized spacial score (nSPS) is 27.7. The second-order valence-electron chi connectivity index (χ2n) is 6.43. The third-order valence-electron chi connectivity index (χ3n) is 4.35. The van der Waals surface area contributed by atoms with E-state index in [2.05, 4.69) is 27.7 Å². The van der Waals surface area contributed by atoms with E-state index in [9.17, 15) is 0 Å². The van der Waals surface area contributed by atoms with Gasteiger partial charge < -0.3 is 18.9 Å². The Morgan fingerprint density at radius 1 is 0.696 bits per heavy atom. The van der Waals surface area contributed by atoms with E-state index in [-0.39, 0.29) is 24.4 Å². The maximum Gasteiger partial charge on any atom is 0.115 e. The molecular formula is C19H38O4. The zero-order valence-corrected chi connectivity index (χ0v) is 15.7. The summed E-state index contributed by atoms with van der Waals surface area (Å²) in [6.45, 7) is 11.7. The van der Waals surface area contributed by atoms with Crippen molar-refractivity contribution in [1.82, 2.24) is 0 Å². The summed E-state index contributed by atoms with van der Waals surface area (Å²) in [4.78, 5) is 0. The fraction of sp³-hybridized carbons (Fsp3) is 1.00. The Kier molecular flexibility index (Phi) is 12.0. The SMILES string of the molecule is CCCCOCC1OC(CC)C(OCCCC)C1OCCCC. The molecule has 1 saturated heterocycles. The summed E-state index contributed by atoms with van der Waals surface area (Å²) in [7, 11) is 0. The Morgan fingerprint density at radius 3 is 1.74 bits per heavy atom. The standard InChI is InChI=1S/C19H38O4/c1-5-9-12-20-15-17-19(22-14-11-7-3)18(16(8-4)23-17)21-13-10-6-2/h16-19H,5-15H2,1-4H3. The van der Waals surface area contributed by atoms with E-state index < -0.39 is 0 Å². The van der Waals surface area contributed by atoms with Crippen LogP contribution >= 0.6 is 0 Å². The van der Waals surface area contributed by atoms with Crippen LogP contribution in [0.25, 0.3) is 0 Å². The molecule has 4 unspecified atom stereocenters. The first kappa shape index (κ1) is 20.9. The highest BCUT2D eigenvalue weighted by Gasteiger charge is 2.45. The van der Waals surface area contributed by atoms with Crippen LogP contribution in [0.2, 0.25) is 0 Å². The van der Waals surface area contributed by atoms with Crippen LogP contribution in [0.1, 0.15) is 72.6 Å². The van der Waals surface area contributed by atoms with Crippen LogP contribution in [-0.2, 0) is 18.9 Å². The average Bonchev–Trinajstić information content (AvgIpc) is 2.89. The Balaban J connectivity index is 2.57. The van der Waals surface area contributed by atoms with Crippen molar-refractivity contribution in [2.75, 3.05) is 26.4 Å². The smallest absolute Gasteiger partial charge is 0.115 e. The molecule has 4 atom stereocenters. The van der Waals surface area contributed by atoms with E-state index in [4.69, 9.17) is 18.9 Å². The molecule has 1 aliphatic rings. The molecule has 0 saturated carbocycles. The minimum absolute atomic E-state index is 0.000267. The van der Waals surface area contributed by atoms with Gasteiger partial charge in [-0.15, -0.1) is 0 Å². The zero-order chi connectivity index (χ0) is 16.9. The average molecular weight is 331 g/mol. The van der Waals surface area contributed by atoms with Crippen molar-refractivity contribution in [3.63, 3.8) is 0 Å². The highest BCUT2D eigenvalue weighted by atomic mass is 16.6. The molecule has 0 aliphatic carbocycles. The molecule has 0 spiro atoms. The van der Waals surface area contributed by atoms with E-state index in [1.54, 1.807) is 0 Å². The van der Waals surface area contributed by atoms with E-state index in [1.807, 2.05) is 0 Å². The summed E-state index contributed by atoms with van der Waals surface area (Å²) in [6.07, 6.45) is 7.84. The molecule has 1 fully saturated rings. The summed E-state index contributed by atoms with van der Waals surface area (Å²) in [5.74, 6) is 0. The first-order valence-corrected chi connectivity index (χ1v) is 9.74. The number of unbranched alkanes of at least 4 members (excludes halogenated alkanes) is 3. The predicted molar refractivity (Wildman–Crippen MR) is 94.0 cm³/mol. The van der Waals surface area contributed by atoms with Crippen LogP contribution in [0.4, 0.5) is 0 Å². The minimum atomic E-state index is 0.000267. The minimum Gasteiger partial charge on any atom is -0.379 e. The molecule has 4 heteroatoms. The molecule has 23 heavy (non-hydrogen) atoms. The molecule has 0 radical (unpaired) electrons. The van der Waals surface area contributed by atoms with Gasteiger partial charge >= 0.3 is 0 Å². The molecule has 1 aliphatic heterocycles. The summed E-state index contributed by atoms with van der Waals surface area (Å²) >= 11 is 0. The van der Waals surface area contributed by atoms with Gasteiger partial charge in [0.1, 0.15) is 18.3 Å². The zero-order valence-electron chi connectivity index (χ0n) is 15.7. The van der Waals surface area contributed by atoms with Gasteiger partial charge in [0.15, 0.2) is 0 Å². The van der Waals surface area contributed by atoms with Crippen LogP contribution in [0.5, 0.6) is 0 Å².